The Kier molecular flexibility index (Phi) is 6.19. The highest BCUT2D eigenvalue weighted by Gasteiger charge is 2.17. The maximum atomic E-state index is 12.6. The van der Waals surface area contributed by atoms with Crippen molar-refractivity contribution in [2.24, 2.45) is 0 Å². The minimum absolute atomic E-state index is 0.0572. The lowest BCUT2D eigenvalue weighted by molar-refractivity contribution is -0.131. The quantitative estimate of drug-likeness (QED) is 0.751. The van der Waals surface area contributed by atoms with Crippen LogP contribution in [0.25, 0.3) is 11.0 Å². The Bertz CT molecular complexity index is 654. The summed E-state index contributed by atoms with van der Waals surface area (Å²) >= 11 is 0. The number of carbonyl (C=O) groups excluding carboxylic acids is 1. The van der Waals surface area contributed by atoms with Gasteiger partial charge in [-0.1, -0.05) is 6.07 Å². The number of hydrogen-bond donors (Lipinski definition) is 0. The molecule has 0 saturated carbocycles. The minimum atomic E-state index is 0.0572. The summed E-state index contributed by atoms with van der Waals surface area (Å²) in [7, 11) is 3.27. The number of carbonyl (C=O) groups is 1. The number of aryl methyl sites for hydroxylation is 2. The van der Waals surface area contributed by atoms with Crippen LogP contribution < -0.4 is 0 Å². The van der Waals surface area contributed by atoms with Crippen molar-refractivity contribution in [3.63, 3.8) is 0 Å². The summed E-state index contributed by atoms with van der Waals surface area (Å²) in [4.78, 5) is 14.4. The van der Waals surface area contributed by atoms with Crippen molar-refractivity contribution in [1.82, 2.24) is 4.90 Å². The van der Waals surface area contributed by atoms with Gasteiger partial charge < -0.3 is 18.8 Å². The van der Waals surface area contributed by atoms with E-state index < -0.39 is 0 Å². The number of hydrogen-bond acceptors (Lipinski definition) is 4. The van der Waals surface area contributed by atoms with Crippen molar-refractivity contribution in [3.05, 3.63) is 35.1 Å². The third-order valence-corrected chi connectivity index (χ3v) is 3.92. The molecule has 1 aromatic heterocycles. The van der Waals surface area contributed by atoms with E-state index in [2.05, 4.69) is 6.07 Å². The Balaban J connectivity index is 2.17. The lowest BCUT2D eigenvalue weighted by atomic mass is 10.0. The molecule has 0 fully saturated rings. The second-order valence-electron chi connectivity index (χ2n) is 5.76. The van der Waals surface area contributed by atoms with Crippen LogP contribution in [-0.4, -0.2) is 51.3 Å². The first-order valence-electron chi connectivity index (χ1n) is 7.79. The third-order valence-electron chi connectivity index (χ3n) is 3.92. The maximum absolute atomic E-state index is 12.6. The number of amides is 1. The summed E-state index contributed by atoms with van der Waals surface area (Å²) in [6.45, 7) is 6.24. The fourth-order valence-corrected chi connectivity index (χ4v) is 2.80. The molecule has 1 heterocycles. The Morgan fingerprint density at radius 1 is 1.13 bits per heavy atom. The predicted octanol–water partition coefficient (Wildman–Crippen LogP) is 2.71. The van der Waals surface area contributed by atoms with Crippen LogP contribution >= 0.6 is 0 Å². The zero-order valence-corrected chi connectivity index (χ0v) is 14.3. The molecular weight excluding hydrogens is 294 g/mol. The van der Waals surface area contributed by atoms with Crippen molar-refractivity contribution in [3.8, 4) is 0 Å². The van der Waals surface area contributed by atoms with Crippen LogP contribution in [0.1, 0.15) is 16.7 Å². The standard InChI is InChI=1S/C18H25NO4/c1-13-9-14(2)18-15(12-23-16(18)10-13)11-17(20)19(5-7-21-3)6-8-22-4/h9-10,12H,5-8,11H2,1-4H3. The smallest absolute Gasteiger partial charge is 0.227 e. The van der Waals surface area contributed by atoms with E-state index in [1.807, 2.05) is 19.9 Å². The summed E-state index contributed by atoms with van der Waals surface area (Å²) in [5.74, 6) is 0.0572. The van der Waals surface area contributed by atoms with Crippen LogP contribution in [0.3, 0.4) is 0 Å². The topological polar surface area (TPSA) is 51.9 Å². The second-order valence-corrected chi connectivity index (χ2v) is 5.76. The van der Waals surface area contributed by atoms with Crippen LogP contribution in [-0.2, 0) is 20.7 Å². The molecule has 0 unspecified atom stereocenters. The number of ether oxygens (including phenoxy) is 2. The molecule has 126 valence electrons. The summed E-state index contributed by atoms with van der Waals surface area (Å²) in [6.07, 6.45) is 2.02. The molecule has 0 saturated heterocycles. The molecule has 0 aliphatic carbocycles. The molecule has 5 nitrogen and oxygen atoms in total. The fraction of sp³-hybridized carbons (Fsp3) is 0.500. The van der Waals surface area contributed by atoms with E-state index in [0.717, 1.165) is 27.7 Å². The third kappa shape index (κ3) is 4.33. The highest BCUT2D eigenvalue weighted by molar-refractivity contribution is 5.90. The van der Waals surface area contributed by atoms with Gasteiger partial charge in [0, 0.05) is 38.3 Å². The van der Waals surface area contributed by atoms with Crippen molar-refractivity contribution in [2.75, 3.05) is 40.5 Å². The van der Waals surface area contributed by atoms with Gasteiger partial charge >= 0.3 is 0 Å². The molecule has 0 radical (unpaired) electrons. The second kappa shape index (κ2) is 8.13. The monoisotopic (exact) mass is 319 g/mol. The first-order chi connectivity index (χ1) is 11.1. The summed E-state index contributed by atoms with van der Waals surface area (Å²) in [5, 5.41) is 1.04. The van der Waals surface area contributed by atoms with E-state index in [0.29, 0.717) is 32.7 Å². The number of nitrogens with zero attached hydrogens (tertiary/aromatic N) is 1. The number of furan rings is 1. The van der Waals surface area contributed by atoms with Crippen LogP contribution in [0.4, 0.5) is 0 Å². The predicted molar refractivity (Wildman–Crippen MR) is 89.7 cm³/mol. The molecule has 0 bridgehead atoms. The fourth-order valence-electron chi connectivity index (χ4n) is 2.80. The molecule has 0 aliphatic rings. The van der Waals surface area contributed by atoms with E-state index in [-0.39, 0.29) is 5.91 Å². The van der Waals surface area contributed by atoms with Crippen molar-refractivity contribution < 1.29 is 18.7 Å². The Hall–Kier alpha value is -1.85. The number of fused-ring (bicyclic) bond motifs is 1. The molecule has 2 aromatic rings. The average molecular weight is 319 g/mol. The van der Waals surface area contributed by atoms with Crippen molar-refractivity contribution in [1.29, 1.82) is 0 Å². The molecular formula is C18H25NO4. The van der Waals surface area contributed by atoms with Crippen molar-refractivity contribution in [2.45, 2.75) is 20.3 Å². The number of methoxy groups -OCH3 is 2. The van der Waals surface area contributed by atoms with Crippen LogP contribution in [0.5, 0.6) is 0 Å². The summed E-state index contributed by atoms with van der Waals surface area (Å²) in [6, 6.07) is 4.11. The van der Waals surface area contributed by atoms with Gasteiger partial charge in [0.05, 0.1) is 25.9 Å². The lowest BCUT2D eigenvalue weighted by Crippen LogP contribution is -2.37. The minimum Gasteiger partial charge on any atom is -0.464 e. The maximum Gasteiger partial charge on any atom is 0.227 e. The van der Waals surface area contributed by atoms with Gasteiger partial charge in [-0.05, 0) is 31.0 Å². The molecule has 5 heteroatoms. The normalized spacial score (nSPS) is 11.1. The van der Waals surface area contributed by atoms with Gasteiger partial charge in [0.25, 0.3) is 0 Å². The van der Waals surface area contributed by atoms with E-state index in [9.17, 15) is 4.79 Å². The molecule has 1 aromatic carbocycles. The van der Waals surface area contributed by atoms with Crippen LogP contribution in [0.15, 0.2) is 22.8 Å². The zero-order valence-electron chi connectivity index (χ0n) is 14.3. The molecule has 0 spiro atoms. The van der Waals surface area contributed by atoms with E-state index >= 15 is 0 Å². The molecule has 23 heavy (non-hydrogen) atoms. The van der Waals surface area contributed by atoms with Gasteiger partial charge in [-0.25, -0.2) is 0 Å². The molecule has 1 amide bonds. The summed E-state index contributed by atoms with van der Waals surface area (Å²) in [5.41, 5.74) is 4.06. The van der Waals surface area contributed by atoms with Crippen molar-refractivity contribution >= 4 is 16.9 Å². The highest BCUT2D eigenvalue weighted by atomic mass is 16.5. The molecule has 0 N–H and O–H groups in total. The van der Waals surface area contributed by atoms with Gasteiger partial charge in [0.1, 0.15) is 5.58 Å². The van der Waals surface area contributed by atoms with Gasteiger partial charge in [0.15, 0.2) is 0 Å². The number of benzene rings is 1. The van der Waals surface area contributed by atoms with Gasteiger partial charge in [-0.15, -0.1) is 0 Å². The molecule has 0 aliphatic heterocycles. The van der Waals surface area contributed by atoms with E-state index in [4.69, 9.17) is 13.9 Å². The van der Waals surface area contributed by atoms with E-state index in [1.54, 1.807) is 25.4 Å². The largest absolute Gasteiger partial charge is 0.464 e. The SMILES string of the molecule is COCCN(CCOC)C(=O)Cc1coc2cc(C)cc(C)c12. The molecule has 2 rings (SSSR count). The zero-order chi connectivity index (χ0) is 16.8. The lowest BCUT2D eigenvalue weighted by Gasteiger charge is -2.22. The van der Waals surface area contributed by atoms with Crippen LogP contribution in [0.2, 0.25) is 0 Å². The van der Waals surface area contributed by atoms with Gasteiger partial charge in [0.2, 0.25) is 5.91 Å². The van der Waals surface area contributed by atoms with Gasteiger partial charge in [-0.2, -0.15) is 0 Å². The summed E-state index contributed by atoms with van der Waals surface area (Å²) < 4.78 is 15.8. The number of rotatable bonds is 8. The highest BCUT2D eigenvalue weighted by Crippen LogP contribution is 2.26. The first-order valence-corrected chi connectivity index (χ1v) is 7.79. The Labute approximate surface area is 137 Å². The Morgan fingerprint density at radius 2 is 1.78 bits per heavy atom. The van der Waals surface area contributed by atoms with Crippen LogP contribution in [0, 0.1) is 13.8 Å². The first kappa shape index (κ1) is 17.5. The van der Waals surface area contributed by atoms with Gasteiger partial charge in [-0.3, -0.25) is 4.79 Å². The van der Waals surface area contributed by atoms with E-state index in [1.165, 1.54) is 0 Å². The average Bonchev–Trinajstić information content (AvgIpc) is 2.90. The Morgan fingerprint density at radius 3 is 2.39 bits per heavy atom. The molecule has 0 atom stereocenters.